The van der Waals surface area contributed by atoms with Gasteiger partial charge in [0, 0.05) is 31.7 Å². The number of carbonyl (C=O) groups excluding carboxylic acids is 1. The van der Waals surface area contributed by atoms with Crippen LogP contribution >= 0.6 is 0 Å². The molecule has 1 N–H and O–H groups in total. The Morgan fingerprint density at radius 2 is 2.08 bits per heavy atom. The van der Waals surface area contributed by atoms with Crippen LogP contribution in [0.1, 0.15) is 35.2 Å². The van der Waals surface area contributed by atoms with E-state index in [2.05, 4.69) is 27.3 Å². The van der Waals surface area contributed by atoms with Crippen LogP contribution in [0.2, 0.25) is 0 Å². The molecule has 1 saturated heterocycles. The number of pyridine rings is 1. The highest BCUT2D eigenvalue weighted by Gasteiger charge is 2.24. The largest absolute Gasteiger partial charge is 0.497 e. The van der Waals surface area contributed by atoms with E-state index in [-0.39, 0.29) is 5.91 Å². The summed E-state index contributed by atoms with van der Waals surface area (Å²) in [6, 6.07) is 12.1. The molecule has 0 bridgehead atoms. The second-order valence-corrected chi connectivity index (χ2v) is 5.97. The Kier molecular flexibility index (Phi) is 4.99. The van der Waals surface area contributed by atoms with Crippen LogP contribution in [0.3, 0.4) is 0 Å². The lowest BCUT2D eigenvalue weighted by molar-refractivity contribution is 0.0955. The van der Waals surface area contributed by atoms with Crippen molar-refractivity contribution in [3.63, 3.8) is 0 Å². The van der Waals surface area contributed by atoms with Gasteiger partial charge in [0.2, 0.25) is 0 Å². The van der Waals surface area contributed by atoms with E-state index >= 15 is 0 Å². The average molecular weight is 325 g/mol. The highest BCUT2D eigenvalue weighted by atomic mass is 16.5. The number of nitrogens with one attached hydrogen (secondary N) is 1. The third kappa shape index (κ3) is 3.50. The molecule has 1 aromatic heterocycles. The smallest absolute Gasteiger partial charge is 0.252 e. The van der Waals surface area contributed by atoms with Gasteiger partial charge in [-0.25, -0.2) is 4.98 Å². The number of nitrogens with zero attached hydrogens (tertiary/aromatic N) is 2. The van der Waals surface area contributed by atoms with E-state index < -0.39 is 0 Å². The van der Waals surface area contributed by atoms with Gasteiger partial charge >= 0.3 is 0 Å². The molecule has 0 spiro atoms. The standard InChI is InChI=1S/C19H23N3O2/c1-3-20-19(23)15-6-9-18(21-12-15)22-11-10-16(13-22)14-4-7-17(24-2)8-5-14/h4-9,12,16H,3,10-11,13H2,1-2H3,(H,20,23)/t16-/m1/s1. The molecule has 1 atom stereocenters. The van der Waals surface area contributed by atoms with Crippen molar-refractivity contribution >= 4 is 11.7 Å². The Hall–Kier alpha value is -2.56. The van der Waals surface area contributed by atoms with E-state index in [0.717, 1.165) is 31.1 Å². The summed E-state index contributed by atoms with van der Waals surface area (Å²) in [4.78, 5) is 18.5. The van der Waals surface area contributed by atoms with Gasteiger partial charge in [-0.2, -0.15) is 0 Å². The molecule has 1 amide bonds. The Balaban J connectivity index is 1.65. The van der Waals surface area contributed by atoms with Crippen LogP contribution in [0, 0.1) is 0 Å². The zero-order chi connectivity index (χ0) is 16.9. The monoisotopic (exact) mass is 325 g/mol. The van der Waals surface area contributed by atoms with Crippen molar-refractivity contribution in [1.29, 1.82) is 0 Å². The fraction of sp³-hybridized carbons (Fsp3) is 0.368. The fourth-order valence-electron chi connectivity index (χ4n) is 3.09. The molecule has 1 aliphatic heterocycles. The number of aromatic nitrogens is 1. The summed E-state index contributed by atoms with van der Waals surface area (Å²) in [5.74, 6) is 2.24. The maximum atomic E-state index is 11.8. The molecular formula is C19H23N3O2. The van der Waals surface area contributed by atoms with Gasteiger partial charge in [-0.05, 0) is 43.2 Å². The predicted octanol–water partition coefficient (Wildman–Crippen LogP) is 2.83. The zero-order valence-corrected chi connectivity index (χ0v) is 14.2. The normalized spacial score (nSPS) is 16.9. The van der Waals surface area contributed by atoms with Gasteiger partial charge in [0.25, 0.3) is 5.91 Å². The lowest BCUT2D eigenvalue weighted by Gasteiger charge is -2.18. The topological polar surface area (TPSA) is 54.5 Å². The molecule has 2 heterocycles. The zero-order valence-electron chi connectivity index (χ0n) is 14.2. The van der Waals surface area contributed by atoms with Gasteiger partial charge in [-0.1, -0.05) is 12.1 Å². The maximum absolute atomic E-state index is 11.8. The molecular weight excluding hydrogens is 302 g/mol. The number of hydrogen-bond donors (Lipinski definition) is 1. The number of rotatable bonds is 5. The summed E-state index contributed by atoms with van der Waals surface area (Å²) in [7, 11) is 1.68. The molecule has 5 nitrogen and oxygen atoms in total. The van der Waals surface area contributed by atoms with E-state index in [9.17, 15) is 4.79 Å². The van der Waals surface area contributed by atoms with E-state index in [1.54, 1.807) is 13.3 Å². The van der Waals surface area contributed by atoms with Gasteiger partial charge < -0.3 is 15.0 Å². The first-order valence-corrected chi connectivity index (χ1v) is 8.34. The first kappa shape index (κ1) is 16.3. The van der Waals surface area contributed by atoms with Crippen LogP contribution in [0.15, 0.2) is 42.6 Å². The van der Waals surface area contributed by atoms with Gasteiger partial charge in [0.15, 0.2) is 0 Å². The van der Waals surface area contributed by atoms with Crippen LogP contribution in [0.25, 0.3) is 0 Å². The number of amides is 1. The minimum absolute atomic E-state index is 0.0749. The maximum Gasteiger partial charge on any atom is 0.252 e. The van der Waals surface area contributed by atoms with Crippen LogP contribution in [-0.2, 0) is 0 Å². The van der Waals surface area contributed by atoms with Crippen LogP contribution in [-0.4, -0.2) is 37.6 Å². The molecule has 0 saturated carbocycles. The van der Waals surface area contributed by atoms with Crippen LogP contribution < -0.4 is 15.0 Å². The van der Waals surface area contributed by atoms with E-state index in [4.69, 9.17) is 4.74 Å². The minimum Gasteiger partial charge on any atom is -0.497 e. The number of methoxy groups -OCH3 is 1. The lowest BCUT2D eigenvalue weighted by Crippen LogP contribution is -2.24. The molecule has 0 unspecified atom stereocenters. The molecule has 0 aliphatic carbocycles. The third-order valence-corrected chi connectivity index (χ3v) is 4.45. The average Bonchev–Trinajstić information content (AvgIpc) is 3.12. The first-order valence-electron chi connectivity index (χ1n) is 8.34. The summed E-state index contributed by atoms with van der Waals surface area (Å²) in [5, 5.41) is 2.79. The first-order chi connectivity index (χ1) is 11.7. The molecule has 0 radical (unpaired) electrons. The third-order valence-electron chi connectivity index (χ3n) is 4.45. The molecule has 1 aromatic carbocycles. The lowest BCUT2D eigenvalue weighted by atomic mass is 9.98. The Labute approximate surface area is 142 Å². The number of benzene rings is 1. The summed E-state index contributed by atoms with van der Waals surface area (Å²) >= 11 is 0. The molecule has 5 heteroatoms. The Morgan fingerprint density at radius 3 is 2.71 bits per heavy atom. The highest BCUT2D eigenvalue weighted by Crippen LogP contribution is 2.30. The van der Waals surface area contributed by atoms with Crippen molar-refractivity contribution in [2.24, 2.45) is 0 Å². The molecule has 126 valence electrons. The number of hydrogen-bond acceptors (Lipinski definition) is 4. The summed E-state index contributed by atoms with van der Waals surface area (Å²) in [6.45, 7) is 4.45. The van der Waals surface area contributed by atoms with E-state index in [1.807, 2.05) is 31.2 Å². The van der Waals surface area contributed by atoms with Crippen LogP contribution in [0.4, 0.5) is 5.82 Å². The van der Waals surface area contributed by atoms with Crippen molar-refractivity contribution in [3.05, 3.63) is 53.7 Å². The van der Waals surface area contributed by atoms with Crippen molar-refractivity contribution in [2.75, 3.05) is 31.6 Å². The highest BCUT2D eigenvalue weighted by molar-refractivity contribution is 5.94. The molecule has 2 aromatic rings. The quantitative estimate of drug-likeness (QED) is 0.918. The molecule has 1 fully saturated rings. The summed E-state index contributed by atoms with van der Waals surface area (Å²) < 4.78 is 5.22. The van der Waals surface area contributed by atoms with E-state index in [0.29, 0.717) is 18.0 Å². The Bertz CT molecular complexity index is 683. The van der Waals surface area contributed by atoms with Crippen molar-refractivity contribution in [3.8, 4) is 5.75 Å². The summed E-state index contributed by atoms with van der Waals surface area (Å²) in [5.41, 5.74) is 1.93. The summed E-state index contributed by atoms with van der Waals surface area (Å²) in [6.07, 6.45) is 2.76. The van der Waals surface area contributed by atoms with Crippen molar-refractivity contribution in [2.45, 2.75) is 19.3 Å². The number of carbonyl (C=O) groups is 1. The predicted molar refractivity (Wildman–Crippen MR) is 94.8 cm³/mol. The number of ether oxygens (including phenoxy) is 1. The molecule has 3 rings (SSSR count). The minimum atomic E-state index is -0.0749. The van der Waals surface area contributed by atoms with Gasteiger partial charge in [-0.15, -0.1) is 0 Å². The van der Waals surface area contributed by atoms with Gasteiger partial charge in [0.05, 0.1) is 12.7 Å². The fourth-order valence-corrected chi connectivity index (χ4v) is 3.09. The van der Waals surface area contributed by atoms with Crippen LogP contribution in [0.5, 0.6) is 5.75 Å². The van der Waals surface area contributed by atoms with Gasteiger partial charge in [-0.3, -0.25) is 4.79 Å². The SMILES string of the molecule is CCNC(=O)c1ccc(N2CC[C@@H](c3ccc(OC)cc3)C2)nc1. The molecule has 1 aliphatic rings. The second kappa shape index (κ2) is 7.34. The van der Waals surface area contributed by atoms with Crippen molar-refractivity contribution < 1.29 is 9.53 Å². The van der Waals surface area contributed by atoms with E-state index in [1.165, 1.54) is 5.56 Å². The van der Waals surface area contributed by atoms with Crippen molar-refractivity contribution in [1.82, 2.24) is 10.3 Å². The van der Waals surface area contributed by atoms with Gasteiger partial charge in [0.1, 0.15) is 11.6 Å². The Morgan fingerprint density at radius 1 is 1.29 bits per heavy atom. The number of anilines is 1. The molecule has 24 heavy (non-hydrogen) atoms. The second-order valence-electron chi connectivity index (χ2n) is 5.97.